The number of nitrogens with zero attached hydrogens (tertiary/aromatic N) is 4. The fourth-order valence-corrected chi connectivity index (χ4v) is 3.40. The molecule has 0 aliphatic heterocycles. The van der Waals surface area contributed by atoms with Gasteiger partial charge in [0, 0.05) is 37.8 Å². The molecule has 11 heteroatoms. The van der Waals surface area contributed by atoms with E-state index in [1.54, 1.807) is 13.1 Å². The molecule has 0 aromatic carbocycles. The molecule has 0 radical (unpaired) electrons. The topological polar surface area (TPSA) is 83.0 Å². The van der Waals surface area contributed by atoms with Gasteiger partial charge in [-0.2, -0.15) is 8.78 Å². The first-order valence-electron chi connectivity index (χ1n) is 9.56. The second-order valence-corrected chi connectivity index (χ2v) is 7.32. The quantitative estimate of drug-likeness (QED) is 0.550. The number of aromatic nitrogens is 4. The number of aryl methyl sites for hydroxylation is 1. The standard InChI is InChI=1S/C20H18F4N4O3/c1-28-9-5-14(30-12-2-6-20(23,24)7-3-12)15(19(28)29)13-10-11(4-8-25-13)17-26-27-18(31-17)16(21)22/h4-5,8-10,12,16H,2-3,6-7H2,1H3. The number of hydrogen-bond acceptors (Lipinski definition) is 6. The van der Waals surface area contributed by atoms with E-state index in [1.807, 2.05) is 0 Å². The highest BCUT2D eigenvalue weighted by molar-refractivity contribution is 5.70. The molecule has 0 atom stereocenters. The molecule has 0 spiro atoms. The highest BCUT2D eigenvalue weighted by Gasteiger charge is 2.36. The van der Waals surface area contributed by atoms with Crippen molar-refractivity contribution in [2.75, 3.05) is 0 Å². The summed E-state index contributed by atoms with van der Waals surface area (Å²) in [7, 11) is 1.55. The largest absolute Gasteiger partial charge is 0.489 e. The number of pyridine rings is 2. The van der Waals surface area contributed by atoms with Crippen LogP contribution in [0.25, 0.3) is 22.7 Å². The number of rotatable bonds is 5. The van der Waals surface area contributed by atoms with Crippen molar-refractivity contribution in [1.29, 1.82) is 0 Å². The molecule has 164 valence electrons. The summed E-state index contributed by atoms with van der Waals surface area (Å²) in [5.41, 5.74) is 0.199. The zero-order chi connectivity index (χ0) is 22.2. The van der Waals surface area contributed by atoms with Gasteiger partial charge in [-0.15, -0.1) is 10.2 Å². The van der Waals surface area contributed by atoms with E-state index < -0.39 is 29.9 Å². The van der Waals surface area contributed by atoms with E-state index in [0.29, 0.717) is 5.56 Å². The summed E-state index contributed by atoms with van der Waals surface area (Å²) in [6, 6.07) is 4.49. The molecule has 7 nitrogen and oxygen atoms in total. The number of halogens is 4. The van der Waals surface area contributed by atoms with Crippen molar-refractivity contribution >= 4 is 0 Å². The van der Waals surface area contributed by atoms with Gasteiger partial charge in [-0.25, -0.2) is 8.78 Å². The van der Waals surface area contributed by atoms with Crippen LogP contribution < -0.4 is 10.3 Å². The first kappa shape index (κ1) is 21.0. The third-order valence-electron chi connectivity index (χ3n) is 5.08. The number of alkyl halides is 4. The summed E-state index contributed by atoms with van der Waals surface area (Å²) in [6.45, 7) is 0. The van der Waals surface area contributed by atoms with Crippen LogP contribution in [0.15, 0.2) is 39.8 Å². The van der Waals surface area contributed by atoms with Crippen LogP contribution in [-0.2, 0) is 7.05 Å². The lowest BCUT2D eigenvalue weighted by Gasteiger charge is -2.29. The smallest absolute Gasteiger partial charge is 0.314 e. The molecule has 1 saturated carbocycles. The van der Waals surface area contributed by atoms with Crippen LogP contribution in [0.1, 0.15) is 38.0 Å². The van der Waals surface area contributed by atoms with Crippen LogP contribution in [-0.4, -0.2) is 31.8 Å². The summed E-state index contributed by atoms with van der Waals surface area (Å²) < 4.78 is 64.6. The molecule has 3 heterocycles. The van der Waals surface area contributed by atoms with Gasteiger partial charge >= 0.3 is 6.43 Å². The summed E-state index contributed by atoms with van der Waals surface area (Å²) in [4.78, 5) is 17.1. The Kier molecular flexibility index (Phi) is 5.50. The molecule has 0 amide bonds. The van der Waals surface area contributed by atoms with E-state index in [2.05, 4.69) is 15.2 Å². The van der Waals surface area contributed by atoms with Crippen molar-refractivity contribution < 1.29 is 26.7 Å². The van der Waals surface area contributed by atoms with E-state index >= 15 is 0 Å². The van der Waals surface area contributed by atoms with Crippen LogP contribution in [0.4, 0.5) is 17.6 Å². The monoisotopic (exact) mass is 438 g/mol. The van der Waals surface area contributed by atoms with Gasteiger partial charge in [0.1, 0.15) is 11.3 Å². The maximum Gasteiger partial charge on any atom is 0.314 e. The summed E-state index contributed by atoms with van der Waals surface area (Å²) in [6.07, 6.45) is -0.736. The van der Waals surface area contributed by atoms with E-state index in [9.17, 15) is 22.4 Å². The van der Waals surface area contributed by atoms with Crippen molar-refractivity contribution in [3.8, 4) is 28.5 Å². The van der Waals surface area contributed by atoms with Crippen LogP contribution in [0, 0.1) is 0 Å². The van der Waals surface area contributed by atoms with Crippen molar-refractivity contribution in [3.63, 3.8) is 0 Å². The summed E-state index contributed by atoms with van der Waals surface area (Å²) >= 11 is 0. The highest BCUT2D eigenvalue weighted by Crippen LogP contribution is 2.36. The third-order valence-corrected chi connectivity index (χ3v) is 5.08. The molecule has 1 fully saturated rings. The van der Waals surface area contributed by atoms with E-state index in [0.717, 1.165) is 0 Å². The molecule has 1 aliphatic rings. The molecule has 4 rings (SSSR count). The van der Waals surface area contributed by atoms with Crippen molar-refractivity contribution in [2.24, 2.45) is 7.05 Å². The van der Waals surface area contributed by atoms with Gasteiger partial charge in [-0.3, -0.25) is 9.78 Å². The maximum absolute atomic E-state index is 13.4. The molecule has 0 bridgehead atoms. The predicted molar refractivity (Wildman–Crippen MR) is 101 cm³/mol. The van der Waals surface area contributed by atoms with Gasteiger partial charge in [-0.1, -0.05) is 0 Å². The zero-order valence-corrected chi connectivity index (χ0v) is 16.4. The first-order chi connectivity index (χ1) is 14.7. The molecule has 0 unspecified atom stereocenters. The molecular weight excluding hydrogens is 420 g/mol. The number of hydrogen-bond donors (Lipinski definition) is 0. The van der Waals surface area contributed by atoms with Gasteiger partial charge in [-0.05, 0) is 31.0 Å². The van der Waals surface area contributed by atoms with Crippen LogP contribution >= 0.6 is 0 Å². The SMILES string of the molecule is Cn1ccc(OC2CCC(F)(F)CC2)c(-c2cc(-c3nnc(C(F)F)o3)ccn2)c1=O. The minimum absolute atomic E-state index is 0.123. The normalized spacial score (nSPS) is 16.6. The van der Waals surface area contributed by atoms with Crippen molar-refractivity contribution in [2.45, 2.75) is 44.1 Å². The summed E-state index contributed by atoms with van der Waals surface area (Å²) in [5, 5.41) is 6.90. The second kappa shape index (κ2) is 8.12. The lowest BCUT2D eigenvalue weighted by Crippen LogP contribution is -2.31. The van der Waals surface area contributed by atoms with Crippen LogP contribution in [0.2, 0.25) is 0 Å². The molecule has 31 heavy (non-hydrogen) atoms. The van der Waals surface area contributed by atoms with E-state index in [1.165, 1.54) is 29.1 Å². The lowest BCUT2D eigenvalue weighted by molar-refractivity contribution is -0.0581. The Bertz CT molecular complexity index is 1140. The van der Waals surface area contributed by atoms with Crippen molar-refractivity contribution in [3.05, 3.63) is 46.8 Å². The molecule has 3 aromatic rings. The van der Waals surface area contributed by atoms with Gasteiger partial charge in [0.2, 0.25) is 11.8 Å². The van der Waals surface area contributed by atoms with Gasteiger partial charge < -0.3 is 13.7 Å². The molecule has 0 saturated heterocycles. The Morgan fingerprint density at radius 1 is 1.23 bits per heavy atom. The zero-order valence-electron chi connectivity index (χ0n) is 16.4. The highest BCUT2D eigenvalue weighted by atomic mass is 19.3. The maximum atomic E-state index is 13.4. The fraction of sp³-hybridized carbons (Fsp3) is 0.400. The third kappa shape index (κ3) is 4.44. The molecule has 0 N–H and O–H groups in total. The average Bonchev–Trinajstić information content (AvgIpc) is 3.23. The summed E-state index contributed by atoms with van der Waals surface area (Å²) in [5.74, 6) is -3.46. The fourth-order valence-electron chi connectivity index (χ4n) is 3.40. The van der Waals surface area contributed by atoms with Gasteiger partial charge in [0.05, 0.1) is 11.8 Å². The average molecular weight is 438 g/mol. The second-order valence-electron chi connectivity index (χ2n) is 7.32. The van der Waals surface area contributed by atoms with E-state index in [-0.39, 0.29) is 48.6 Å². The Morgan fingerprint density at radius 3 is 2.65 bits per heavy atom. The minimum Gasteiger partial charge on any atom is -0.489 e. The lowest BCUT2D eigenvalue weighted by atomic mass is 9.94. The molecule has 3 aromatic heterocycles. The molecular formula is C20H18F4N4O3. The Balaban J connectivity index is 1.69. The Hall–Kier alpha value is -3.24. The Labute approximate surface area is 173 Å². The Morgan fingerprint density at radius 2 is 1.97 bits per heavy atom. The van der Waals surface area contributed by atoms with E-state index in [4.69, 9.17) is 9.15 Å². The minimum atomic E-state index is -2.91. The van der Waals surface area contributed by atoms with Gasteiger partial charge in [0.25, 0.3) is 11.4 Å². The van der Waals surface area contributed by atoms with Crippen molar-refractivity contribution in [1.82, 2.24) is 19.7 Å². The van der Waals surface area contributed by atoms with Crippen LogP contribution in [0.5, 0.6) is 5.75 Å². The van der Waals surface area contributed by atoms with Gasteiger partial charge in [0.15, 0.2) is 0 Å². The predicted octanol–water partition coefficient (Wildman–Crippen LogP) is 4.39. The first-order valence-corrected chi connectivity index (χ1v) is 9.56. The van der Waals surface area contributed by atoms with Crippen LogP contribution in [0.3, 0.4) is 0 Å². The number of ether oxygens (including phenoxy) is 1. The molecule has 1 aliphatic carbocycles.